The topological polar surface area (TPSA) is 18.1 Å². The van der Waals surface area contributed by atoms with Crippen LogP contribution < -0.4 is 43.7 Å². The minimum Gasteiger partial charge on any atom is -0.456 e. The van der Waals surface area contributed by atoms with Gasteiger partial charge in [-0.15, -0.1) is 21.9 Å². The summed E-state index contributed by atoms with van der Waals surface area (Å²) in [4.78, 5) is 0. The molecule has 10 aromatic carbocycles. The van der Waals surface area contributed by atoms with E-state index in [1.807, 2.05) is 60.7 Å². The first kappa shape index (κ1) is 40.4. The molecule has 0 saturated heterocycles. The predicted molar refractivity (Wildman–Crippen MR) is 288 cm³/mol. The molecule has 0 bridgehead atoms. The van der Waals surface area contributed by atoms with Gasteiger partial charge in [-0.1, -0.05) is 137 Å². The van der Waals surface area contributed by atoms with E-state index in [1.54, 1.807) is 0 Å². The van der Waals surface area contributed by atoms with E-state index < -0.39 is 0 Å². The Bertz CT molecular complexity index is 3950. The van der Waals surface area contributed by atoms with Crippen LogP contribution in [0.5, 0.6) is 0 Å². The fourth-order valence-electron chi connectivity index (χ4n) is 10.2. The Labute approximate surface area is 392 Å². The molecule has 2 aromatic heterocycles. The summed E-state index contributed by atoms with van der Waals surface area (Å²) in [5.74, 6) is 0. The Morgan fingerprint density at radius 2 is 0.803 bits per heavy atom. The molecular formula is C56H27B8NO. The molecule has 0 spiro atoms. The molecule has 2 heterocycles. The van der Waals surface area contributed by atoms with Gasteiger partial charge in [-0.05, 0) is 115 Å². The lowest BCUT2D eigenvalue weighted by atomic mass is 9.59. The molecule has 0 saturated carbocycles. The Balaban J connectivity index is 1.14. The van der Waals surface area contributed by atoms with Gasteiger partial charge < -0.3 is 8.98 Å². The third-order valence-electron chi connectivity index (χ3n) is 13.4. The van der Waals surface area contributed by atoms with E-state index in [1.165, 1.54) is 10.8 Å². The van der Waals surface area contributed by atoms with Crippen molar-refractivity contribution in [2.45, 2.75) is 0 Å². The van der Waals surface area contributed by atoms with Gasteiger partial charge in [0.1, 0.15) is 73.9 Å². The number of para-hydroxylation sites is 2. The van der Waals surface area contributed by atoms with Gasteiger partial charge in [0.25, 0.3) is 0 Å². The predicted octanol–water partition coefficient (Wildman–Crippen LogP) is 6.01. The zero-order valence-corrected chi connectivity index (χ0v) is 35.6. The van der Waals surface area contributed by atoms with Gasteiger partial charge in [-0.25, -0.2) is 0 Å². The second-order valence-corrected chi connectivity index (χ2v) is 16.9. The van der Waals surface area contributed by atoms with Crippen molar-refractivity contribution in [1.29, 1.82) is 0 Å². The molecule has 0 atom stereocenters. The maximum absolute atomic E-state index is 7.16. The van der Waals surface area contributed by atoms with Gasteiger partial charge in [0.2, 0.25) is 0 Å². The van der Waals surface area contributed by atoms with Crippen molar-refractivity contribution >= 4 is 172 Å². The van der Waals surface area contributed by atoms with Crippen LogP contribution in [0.1, 0.15) is 0 Å². The first-order chi connectivity index (χ1) is 32.1. The Morgan fingerprint density at radius 1 is 0.303 bits per heavy atom. The summed E-state index contributed by atoms with van der Waals surface area (Å²) >= 11 is 0. The molecule has 286 valence electrons. The largest absolute Gasteiger partial charge is 0.456 e. The maximum atomic E-state index is 7.16. The van der Waals surface area contributed by atoms with Crippen LogP contribution in [0.3, 0.4) is 0 Å². The first-order valence-corrected chi connectivity index (χ1v) is 21.6. The molecule has 0 amide bonds. The molecule has 12 aromatic rings. The van der Waals surface area contributed by atoms with Crippen molar-refractivity contribution in [3.05, 3.63) is 164 Å². The normalized spacial score (nSPS) is 11.8. The number of rotatable bonds is 5. The molecule has 0 fully saturated rings. The summed E-state index contributed by atoms with van der Waals surface area (Å²) in [6.07, 6.45) is 0. The van der Waals surface area contributed by atoms with Crippen LogP contribution in [0.4, 0.5) is 0 Å². The molecule has 0 aliphatic rings. The highest BCUT2D eigenvalue weighted by atomic mass is 16.3. The van der Waals surface area contributed by atoms with E-state index >= 15 is 0 Å². The quantitative estimate of drug-likeness (QED) is 0.154. The second-order valence-electron chi connectivity index (χ2n) is 16.9. The van der Waals surface area contributed by atoms with Crippen LogP contribution >= 0.6 is 0 Å². The molecular weight excluding hydrogens is 789 g/mol. The van der Waals surface area contributed by atoms with E-state index in [2.05, 4.69) is 108 Å². The maximum Gasteiger partial charge on any atom is 0.136 e. The van der Waals surface area contributed by atoms with Crippen molar-refractivity contribution < 1.29 is 4.42 Å². The van der Waals surface area contributed by atoms with Crippen molar-refractivity contribution in [3.63, 3.8) is 0 Å². The third-order valence-corrected chi connectivity index (χ3v) is 13.4. The molecule has 0 unspecified atom stereocenters. The van der Waals surface area contributed by atoms with Crippen LogP contribution in [0.2, 0.25) is 0 Å². The Morgan fingerprint density at radius 3 is 1.47 bits per heavy atom. The Kier molecular flexibility index (Phi) is 9.30. The number of hydrogen-bond acceptors (Lipinski definition) is 1. The second kappa shape index (κ2) is 15.2. The van der Waals surface area contributed by atoms with Crippen molar-refractivity contribution in [3.8, 4) is 50.2 Å². The van der Waals surface area contributed by atoms with Crippen LogP contribution in [0.25, 0.3) is 115 Å². The van der Waals surface area contributed by atoms with Gasteiger partial charge in [-0.2, -0.15) is 0 Å². The smallest absolute Gasteiger partial charge is 0.136 e. The lowest BCUT2D eigenvalue weighted by Gasteiger charge is -2.29. The number of hydrogen-bond donors (Lipinski definition) is 0. The first-order valence-electron chi connectivity index (χ1n) is 21.6. The summed E-state index contributed by atoms with van der Waals surface area (Å²) in [6, 6.07) is 56.0. The number of benzene rings is 10. The zero-order valence-electron chi connectivity index (χ0n) is 35.6. The lowest BCUT2D eigenvalue weighted by Crippen LogP contribution is -2.50. The molecule has 0 aliphatic heterocycles. The fourth-order valence-corrected chi connectivity index (χ4v) is 10.2. The van der Waals surface area contributed by atoms with Gasteiger partial charge in [-0.3, -0.25) is 0 Å². The van der Waals surface area contributed by atoms with Crippen LogP contribution in [-0.2, 0) is 0 Å². The summed E-state index contributed by atoms with van der Waals surface area (Å²) in [6.45, 7) is 0. The third kappa shape index (κ3) is 5.86. The van der Waals surface area contributed by atoms with Crippen molar-refractivity contribution in [1.82, 2.24) is 4.57 Å². The molecule has 12 rings (SSSR count). The molecule has 66 heavy (non-hydrogen) atoms. The number of aromatic nitrogens is 1. The summed E-state index contributed by atoms with van der Waals surface area (Å²) in [7, 11) is 55.5. The van der Waals surface area contributed by atoms with E-state index in [4.69, 9.17) is 67.2 Å². The number of nitrogens with zero attached hydrogens (tertiary/aromatic N) is 1. The molecule has 2 nitrogen and oxygen atoms in total. The van der Waals surface area contributed by atoms with Gasteiger partial charge >= 0.3 is 0 Å². The molecule has 16 radical (unpaired) electrons. The zero-order chi connectivity index (χ0) is 45.1. The molecule has 0 aliphatic carbocycles. The SMILES string of the molecule is [B]c1c([B])c([B])c2c(-c3cccc4oc5cc(-c6ccc7c8ccccc8n(-c8ccccc8)c7c6)ccc5c34)c3c([B])c([B])c([B])c([B])c3c(-c3cccc(-c4ccccc4)c3)c2c1[B]. The summed E-state index contributed by atoms with van der Waals surface area (Å²) in [5, 5.41) is 6.25. The number of fused-ring (bicyclic) bond motifs is 8. The fraction of sp³-hybridized carbons (Fsp3) is 0. The van der Waals surface area contributed by atoms with E-state index in [0.29, 0.717) is 43.8 Å². The Hall–Kier alpha value is -7.16. The van der Waals surface area contributed by atoms with E-state index in [0.717, 1.165) is 60.9 Å². The highest BCUT2D eigenvalue weighted by molar-refractivity contribution is 6.71. The van der Waals surface area contributed by atoms with Crippen LogP contribution in [0, 0.1) is 0 Å². The molecule has 0 N–H and O–H groups in total. The number of furan rings is 1. The van der Waals surface area contributed by atoms with Crippen LogP contribution in [0.15, 0.2) is 168 Å². The highest BCUT2D eigenvalue weighted by Gasteiger charge is 2.27. The average Bonchev–Trinajstić information content (AvgIpc) is 3.91. The van der Waals surface area contributed by atoms with Gasteiger partial charge in [0, 0.05) is 27.2 Å². The molecule has 10 heteroatoms. The average molecular weight is 816 g/mol. The standard InChI is InChI=1S/C56H27B8NO/c57-49-45-42(32-14-9-13-29(25-32)28-11-3-1-4-12-28)46-48(52(60)56(64)54(62)50(46)58)44(47(45)51(59)55(63)53(49)61)37-18-10-20-40-43(37)36-24-22-31(27-41(36)66-40)30-21-23-35-34-17-7-8-19-38(34)65(39(35)26-30)33-15-5-2-6-16-33/h1-27H. The summed E-state index contributed by atoms with van der Waals surface area (Å²) < 4.78 is 9.08. The van der Waals surface area contributed by atoms with Crippen LogP contribution in [-0.4, -0.2) is 67.3 Å². The van der Waals surface area contributed by atoms with Crippen molar-refractivity contribution in [2.24, 2.45) is 0 Å². The minimum absolute atomic E-state index is 0.150. The summed E-state index contributed by atoms with van der Waals surface area (Å²) in [5.41, 5.74) is 13.1. The highest BCUT2D eigenvalue weighted by Crippen LogP contribution is 2.46. The minimum atomic E-state index is 0.150. The van der Waals surface area contributed by atoms with Gasteiger partial charge in [0.05, 0.1) is 11.0 Å². The van der Waals surface area contributed by atoms with Crippen molar-refractivity contribution in [2.75, 3.05) is 0 Å². The van der Waals surface area contributed by atoms with Gasteiger partial charge in [0.15, 0.2) is 0 Å². The lowest BCUT2D eigenvalue weighted by molar-refractivity contribution is 0.669. The van der Waals surface area contributed by atoms with E-state index in [-0.39, 0.29) is 43.7 Å². The van der Waals surface area contributed by atoms with E-state index in [9.17, 15) is 0 Å². The monoisotopic (exact) mass is 817 g/mol.